The van der Waals surface area contributed by atoms with Crippen molar-refractivity contribution in [1.29, 1.82) is 0 Å². The van der Waals surface area contributed by atoms with E-state index in [2.05, 4.69) is 5.32 Å². The van der Waals surface area contributed by atoms with E-state index in [9.17, 15) is 22.8 Å². The molecule has 0 saturated carbocycles. The summed E-state index contributed by atoms with van der Waals surface area (Å²) in [5.74, 6) is -0.624. The highest BCUT2D eigenvalue weighted by Crippen LogP contribution is 2.22. The molecule has 1 N–H and O–H groups in total. The lowest BCUT2D eigenvalue weighted by Gasteiger charge is -2.34. The van der Waals surface area contributed by atoms with Crippen molar-refractivity contribution < 1.29 is 22.8 Å². The molecular weight excluding hydrogens is 444 g/mol. The first-order valence-electron chi connectivity index (χ1n) is 10.8. The smallest absolute Gasteiger partial charge is 0.317 e. The topological polar surface area (TPSA) is 107 Å². The molecule has 0 unspecified atom stereocenters. The molecule has 1 saturated heterocycles. The SMILES string of the molecule is Cc1ccc(S(=O)(=O)N2CCN(C(=O)NCCCN3C(=O)c4ccccc4C3=O)CC2)cc1. The van der Waals surface area contributed by atoms with Crippen LogP contribution in [-0.4, -0.2) is 79.6 Å². The molecule has 0 atom stereocenters. The molecule has 0 spiro atoms. The monoisotopic (exact) mass is 470 g/mol. The number of carbonyl (C=O) groups excluding carboxylic acids is 3. The Morgan fingerprint density at radius 3 is 2.06 bits per heavy atom. The Hall–Kier alpha value is -3.24. The van der Waals surface area contributed by atoms with Crippen molar-refractivity contribution in [3.63, 3.8) is 0 Å². The molecule has 2 aliphatic heterocycles. The van der Waals surface area contributed by atoms with Crippen molar-refractivity contribution >= 4 is 27.9 Å². The Bertz CT molecular complexity index is 1140. The second kappa shape index (κ2) is 9.32. The van der Waals surface area contributed by atoms with Gasteiger partial charge in [0.2, 0.25) is 10.0 Å². The first kappa shape index (κ1) is 22.9. The zero-order chi connectivity index (χ0) is 23.6. The van der Waals surface area contributed by atoms with Gasteiger partial charge in [0.25, 0.3) is 11.8 Å². The summed E-state index contributed by atoms with van der Waals surface area (Å²) in [4.78, 5) is 40.2. The van der Waals surface area contributed by atoms with E-state index in [1.54, 1.807) is 53.4 Å². The molecule has 1 fully saturated rings. The van der Waals surface area contributed by atoms with Crippen LogP contribution in [0, 0.1) is 6.92 Å². The summed E-state index contributed by atoms with van der Waals surface area (Å²) in [5, 5.41) is 2.79. The third kappa shape index (κ3) is 4.62. The average Bonchev–Trinajstić information content (AvgIpc) is 3.07. The molecule has 4 rings (SSSR count). The molecule has 33 heavy (non-hydrogen) atoms. The lowest BCUT2D eigenvalue weighted by atomic mass is 10.1. The second-order valence-electron chi connectivity index (χ2n) is 8.10. The van der Waals surface area contributed by atoms with Crippen LogP contribution in [0.4, 0.5) is 4.79 Å². The van der Waals surface area contributed by atoms with Crippen molar-refractivity contribution in [2.24, 2.45) is 0 Å². The van der Waals surface area contributed by atoms with Gasteiger partial charge in [0.05, 0.1) is 16.0 Å². The summed E-state index contributed by atoms with van der Waals surface area (Å²) in [6, 6.07) is 13.1. The van der Waals surface area contributed by atoms with Crippen LogP contribution in [0.5, 0.6) is 0 Å². The number of hydrogen-bond acceptors (Lipinski definition) is 5. The first-order valence-corrected chi connectivity index (χ1v) is 12.3. The largest absolute Gasteiger partial charge is 0.338 e. The number of hydrogen-bond donors (Lipinski definition) is 1. The maximum atomic E-state index is 12.8. The molecular formula is C23H26N4O5S. The maximum absolute atomic E-state index is 12.8. The molecule has 0 aromatic heterocycles. The summed E-state index contributed by atoms with van der Waals surface area (Å²) < 4.78 is 27.0. The molecule has 0 radical (unpaired) electrons. The summed E-state index contributed by atoms with van der Waals surface area (Å²) in [6.07, 6.45) is 0.430. The Kier molecular flexibility index (Phi) is 6.48. The van der Waals surface area contributed by atoms with Crippen LogP contribution in [0.15, 0.2) is 53.4 Å². The summed E-state index contributed by atoms with van der Waals surface area (Å²) in [6.45, 7) is 3.43. The summed E-state index contributed by atoms with van der Waals surface area (Å²) in [7, 11) is -3.59. The van der Waals surface area contributed by atoms with E-state index in [-0.39, 0.29) is 55.5 Å². The number of fused-ring (bicyclic) bond motifs is 1. The zero-order valence-electron chi connectivity index (χ0n) is 18.4. The van der Waals surface area contributed by atoms with Gasteiger partial charge in [-0.25, -0.2) is 13.2 Å². The standard InChI is InChI=1S/C23H26N4O5S/c1-17-7-9-18(10-8-17)33(31,32)26-15-13-25(14-16-26)23(30)24-11-4-12-27-21(28)19-5-2-3-6-20(19)22(27)29/h2-3,5-10H,4,11-16H2,1H3,(H,24,30). The molecule has 2 heterocycles. The number of piperazine rings is 1. The van der Waals surface area contributed by atoms with Crippen LogP contribution in [0.3, 0.4) is 0 Å². The van der Waals surface area contributed by atoms with Crippen molar-refractivity contribution in [1.82, 2.24) is 19.4 Å². The normalized spacial score (nSPS) is 16.8. The van der Waals surface area contributed by atoms with E-state index >= 15 is 0 Å². The third-order valence-electron chi connectivity index (χ3n) is 5.90. The molecule has 2 aromatic rings. The molecule has 2 aliphatic rings. The van der Waals surface area contributed by atoms with Crippen LogP contribution >= 0.6 is 0 Å². The molecule has 10 heteroatoms. The minimum absolute atomic E-state index is 0.217. The Balaban J connectivity index is 1.22. The predicted molar refractivity (Wildman–Crippen MR) is 121 cm³/mol. The Labute approximate surface area is 193 Å². The summed E-state index contributed by atoms with van der Waals surface area (Å²) >= 11 is 0. The molecule has 174 valence electrons. The predicted octanol–water partition coefficient (Wildman–Crippen LogP) is 1.70. The van der Waals surface area contributed by atoms with Gasteiger partial charge in [-0.15, -0.1) is 0 Å². The van der Waals surface area contributed by atoms with Gasteiger partial charge in [-0.3, -0.25) is 14.5 Å². The molecule has 2 aromatic carbocycles. The third-order valence-corrected chi connectivity index (χ3v) is 7.81. The van der Waals surface area contributed by atoms with Gasteiger partial charge in [0, 0.05) is 39.3 Å². The number of urea groups is 1. The second-order valence-corrected chi connectivity index (χ2v) is 10.0. The Morgan fingerprint density at radius 1 is 0.909 bits per heavy atom. The fourth-order valence-corrected chi connectivity index (χ4v) is 5.40. The van der Waals surface area contributed by atoms with Gasteiger partial charge in [-0.2, -0.15) is 4.31 Å². The molecule has 4 amide bonds. The van der Waals surface area contributed by atoms with Gasteiger partial charge in [-0.05, 0) is 37.6 Å². The highest BCUT2D eigenvalue weighted by atomic mass is 32.2. The van der Waals surface area contributed by atoms with Crippen LogP contribution in [-0.2, 0) is 10.0 Å². The number of carbonyl (C=O) groups is 3. The van der Waals surface area contributed by atoms with Crippen molar-refractivity contribution in [2.75, 3.05) is 39.3 Å². The maximum Gasteiger partial charge on any atom is 0.317 e. The van der Waals surface area contributed by atoms with Gasteiger partial charge in [-0.1, -0.05) is 29.8 Å². The number of nitrogens with one attached hydrogen (secondary N) is 1. The highest BCUT2D eigenvalue weighted by Gasteiger charge is 2.34. The number of sulfonamides is 1. The fraction of sp³-hybridized carbons (Fsp3) is 0.348. The Morgan fingerprint density at radius 2 is 1.48 bits per heavy atom. The van der Waals surface area contributed by atoms with Crippen LogP contribution in [0.25, 0.3) is 0 Å². The molecule has 0 aliphatic carbocycles. The summed E-state index contributed by atoms with van der Waals surface area (Å²) in [5.41, 5.74) is 1.80. The number of benzene rings is 2. The minimum atomic E-state index is -3.59. The minimum Gasteiger partial charge on any atom is -0.338 e. The van der Waals surface area contributed by atoms with Crippen LogP contribution in [0.2, 0.25) is 0 Å². The van der Waals surface area contributed by atoms with E-state index in [1.165, 1.54) is 9.21 Å². The molecule has 9 nitrogen and oxygen atoms in total. The number of aryl methyl sites for hydroxylation is 1. The van der Waals surface area contributed by atoms with E-state index in [0.717, 1.165) is 5.56 Å². The highest BCUT2D eigenvalue weighted by molar-refractivity contribution is 7.89. The van der Waals surface area contributed by atoms with Crippen molar-refractivity contribution in [3.05, 3.63) is 65.2 Å². The van der Waals surface area contributed by atoms with E-state index in [0.29, 0.717) is 24.1 Å². The number of nitrogens with zero attached hydrogens (tertiary/aromatic N) is 3. The number of amides is 4. The number of imide groups is 1. The van der Waals surface area contributed by atoms with Crippen molar-refractivity contribution in [2.45, 2.75) is 18.2 Å². The van der Waals surface area contributed by atoms with Gasteiger partial charge < -0.3 is 10.2 Å². The van der Waals surface area contributed by atoms with E-state index < -0.39 is 10.0 Å². The molecule has 0 bridgehead atoms. The van der Waals surface area contributed by atoms with Crippen molar-refractivity contribution in [3.8, 4) is 0 Å². The van der Waals surface area contributed by atoms with Gasteiger partial charge in [0.15, 0.2) is 0 Å². The quantitative estimate of drug-likeness (QED) is 0.511. The van der Waals surface area contributed by atoms with Gasteiger partial charge >= 0.3 is 6.03 Å². The van der Waals surface area contributed by atoms with Crippen LogP contribution < -0.4 is 5.32 Å². The van der Waals surface area contributed by atoms with Crippen LogP contribution in [0.1, 0.15) is 32.7 Å². The number of rotatable bonds is 6. The van der Waals surface area contributed by atoms with E-state index in [1.807, 2.05) is 6.92 Å². The van der Waals surface area contributed by atoms with E-state index in [4.69, 9.17) is 0 Å². The lowest BCUT2D eigenvalue weighted by molar-refractivity contribution is 0.0653. The zero-order valence-corrected chi connectivity index (χ0v) is 19.2. The first-order chi connectivity index (χ1) is 15.8. The average molecular weight is 471 g/mol. The lowest BCUT2D eigenvalue weighted by Crippen LogP contribution is -2.53. The fourth-order valence-electron chi connectivity index (χ4n) is 3.98. The van der Waals surface area contributed by atoms with Gasteiger partial charge in [0.1, 0.15) is 0 Å².